The fourth-order valence-electron chi connectivity index (χ4n) is 1.70. The molecule has 0 unspecified atom stereocenters. The van der Waals surface area contributed by atoms with Crippen LogP contribution in [0.5, 0.6) is 0 Å². The number of anilines is 1. The molecule has 2 rings (SSSR count). The molecule has 1 aromatic heterocycles. The minimum absolute atomic E-state index is 0.277. The molecule has 4 nitrogen and oxygen atoms in total. The van der Waals surface area contributed by atoms with E-state index in [1.165, 1.54) is 11.3 Å². The summed E-state index contributed by atoms with van der Waals surface area (Å²) in [5.74, 6) is 6.28. The van der Waals surface area contributed by atoms with Crippen LogP contribution in [0.25, 0.3) is 0 Å². The van der Waals surface area contributed by atoms with Crippen LogP contribution < -0.4 is 10.9 Å². The van der Waals surface area contributed by atoms with Gasteiger partial charge in [-0.1, -0.05) is 0 Å². The molecule has 0 aromatic carbocycles. The number of thiazole rings is 1. The van der Waals surface area contributed by atoms with Crippen molar-refractivity contribution >= 4 is 22.3 Å². The Hall–Kier alpha value is -0.940. The zero-order valence-corrected chi connectivity index (χ0v) is 8.67. The second-order valence-corrected chi connectivity index (χ2v) is 4.36. The molecule has 1 saturated carbocycles. The Balaban J connectivity index is 1.99. The van der Waals surface area contributed by atoms with E-state index in [1.54, 1.807) is 11.2 Å². The fraction of sp³-hybridized carbons (Fsp3) is 0.556. The van der Waals surface area contributed by atoms with E-state index in [2.05, 4.69) is 4.98 Å². The summed E-state index contributed by atoms with van der Waals surface area (Å²) in [7, 11) is 0. The lowest BCUT2D eigenvalue weighted by molar-refractivity contribution is -0.120. The van der Waals surface area contributed by atoms with Crippen LogP contribution in [0, 0.1) is 0 Å². The maximum absolute atomic E-state index is 11.0. The number of hydrogen-bond acceptors (Lipinski definition) is 5. The maximum atomic E-state index is 11.0. The van der Waals surface area contributed by atoms with Crippen molar-refractivity contribution in [1.82, 2.24) is 4.98 Å². The van der Waals surface area contributed by atoms with Gasteiger partial charge in [-0.15, -0.1) is 11.3 Å². The van der Waals surface area contributed by atoms with Gasteiger partial charge in [0.15, 0.2) is 5.13 Å². The first-order valence-corrected chi connectivity index (χ1v) is 5.60. The van der Waals surface area contributed by atoms with E-state index in [4.69, 9.17) is 5.84 Å². The number of aromatic nitrogens is 1. The summed E-state index contributed by atoms with van der Waals surface area (Å²) in [6.07, 6.45) is 4.77. The molecule has 0 radical (unpaired) electrons. The molecule has 5 heteroatoms. The summed E-state index contributed by atoms with van der Waals surface area (Å²) < 4.78 is 0. The van der Waals surface area contributed by atoms with Crippen molar-refractivity contribution in [3.8, 4) is 0 Å². The Kier molecular flexibility index (Phi) is 2.79. The van der Waals surface area contributed by atoms with Gasteiger partial charge in [-0.3, -0.25) is 9.80 Å². The van der Waals surface area contributed by atoms with Gasteiger partial charge in [-0.25, -0.2) is 10.8 Å². The highest BCUT2D eigenvalue weighted by molar-refractivity contribution is 7.13. The molecule has 1 heterocycles. The van der Waals surface area contributed by atoms with Crippen molar-refractivity contribution in [3.63, 3.8) is 0 Å². The lowest BCUT2D eigenvalue weighted by Crippen LogP contribution is -2.43. The van der Waals surface area contributed by atoms with Gasteiger partial charge in [-0.2, -0.15) is 0 Å². The molecule has 14 heavy (non-hydrogen) atoms. The van der Waals surface area contributed by atoms with Crippen molar-refractivity contribution in [2.45, 2.75) is 31.7 Å². The van der Waals surface area contributed by atoms with Gasteiger partial charge >= 0.3 is 0 Å². The lowest BCUT2D eigenvalue weighted by Gasteiger charge is -2.29. The first-order valence-electron chi connectivity index (χ1n) is 4.72. The average Bonchev–Trinajstić information content (AvgIpc) is 2.71. The molecule has 1 aromatic rings. The molecular weight excluding hydrogens is 198 g/mol. The zero-order valence-electron chi connectivity index (χ0n) is 7.85. The monoisotopic (exact) mass is 211 g/mol. The number of carbonyl (C=O) groups is 1. The van der Waals surface area contributed by atoms with E-state index in [0.29, 0.717) is 18.6 Å². The summed E-state index contributed by atoms with van der Waals surface area (Å²) >= 11 is 1.53. The van der Waals surface area contributed by atoms with Crippen LogP contribution >= 0.6 is 11.3 Å². The molecule has 0 atom stereocenters. The normalized spacial score (nSPS) is 18.5. The molecule has 1 aliphatic carbocycles. The smallest absolute Gasteiger partial charge is 0.199 e. The van der Waals surface area contributed by atoms with E-state index in [-0.39, 0.29) is 6.04 Å². The molecule has 0 bridgehead atoms. The quantitative estimate of drug-likeness (QED) is 0.592. The highest BCUT2D eigenvalue weighted by Gasteiger charge is 2.23. The van der Waals surface area contributed by atoms with Crippen molar-refractivity contribution in [2.75, 3.05) is 5.01 Å². The van der Waals surface area contributed by atoms with Crippen molar-refractivity contribution < 1.29 is 4.79 Å². The third-order valence-electron chi connectivity index (χ3n) is 2.55. The van der Waals surface area contributed by atoms with Crippen molar-refractivity contribution in [2.24, 2.45) is 5.84 Å². The minimum Gasteiger partial charge on any atom is -0.300 e. The lowest BCUT2D eigenvalue weighted by atomic mass is 9.94. The van der Waals surface area contributed by atoms with Gasteiger partial charge in [0.2, 0.25) is 0 Å². The first-order chi connectivity index (χ1) is 6.77. The van der Waals surface area contributed by atoms with Crippen LogP contribution in [0.1, 0.15) is 25.7 Å². The molecule has 0 amide bonds. The Morgan fingerprint density at radius 1 is 1.50 bits per heavy atom. The number of ketones is 1. The number of hydrazine groups is 1. The minimum atomic E-state index is 0.277. The number of rotatable bonds is 2. The molecule has 2 N–H and O–H groups in total. The Bertz CT molecular complexity index is 302. The number of carbonyl (C=O) groups excluding carboxylic acids is 1. The fourth-order valence-corrected chi connectivity index (χ4v) is 2.34. The van der Waals surface area contributed by atoms with Crippen LogP contribution in [0.3, 0.4) is 0 Å². The van der Waals surface area contributed by atoms with Gasteiger partial charge in [0.1, 0.15) is 5.78 Å². The topological polar surface area (TPSA) is 59.2 Å². The molecule has 76 valence electrons. The standard InChI is InChI=1S/C9H13N3OS/c10-12(9-11-5-6-14-9)7-1-3-8(13)4-2-7/h5-7H,1-4,10H2. The largest absolute Gasteiger partial charge is 0.300 e. The van der Waals surface area contributed by atoms with Crippen LogP contribution in [0.4, 0.5) is 5.13 Å². The van der Waals surface area contributed by atoms with E-state index in [9.17, 15) is 4.79 Å². The molecule has 1 fully saturated rings. The van der Waals surface area contributed by atoms with Crippen LogP contribution in [-0.4, -0.2) is 16.8 Å². The van der Waals surface area contributed by atoms with Gasteiger partial charge in [0, 0.05) is 30.5 Å². The highest BCUT2D eigenvalue weighted by atomic mass is 32.1. The van der Waals surface area contributed by atoms with E-state index in [0.717, 1.165) is 18.0 Å². The average molecular weight is 211 g/mol. The summed E-state index contributed by atoms with van der Waals surface area (Å²) in [5.41, 5.74) is 0. The predicted octanol–water partition coefficient (Wildman–Crippen LogP) is 1.33. The molecular formula is C9H13N3OS. The number of Topliss-reactive ketones (excluding diaryl/α,β-unsaturated/α-hetero) is 1. The van der Waals surface area contributed by atoms with Crippen LogP contribution in [0.2, 0.25) is 0 Å². The summed E-state index contributed by atoms with van der Waals surface area (Å²) in [5, 5.41) is 4.45. The highest BCUT2D eigenvalue weighted by Crippen LogP contribution is 2.24. The molecule has 0 saturated heterocycles. The summed E-state index contributed by atoms with van der Waals surface area (Å²) in [4.78, 5) is 15.2. The van der Waals surface area contributed by atoms with Crippen LogP contribution in [-0.2, 0) is 4.79 Å². The third kappa shape index (κ3) is 1.93. The van der Waals surface area contributed by atoms with E-state index >= 15 is 0 Å². The molecule has 1 aliphatic rings. The predicted molar refractivity (Wildman–Crippen MR) is 56.0 cm³/mol. The Morgan fingerprint density at radius 2 is 2.21 bits per heavy atom. The van der Waals surface area contributed by atoms with Gasteiger partial charge < -0.3 is 0 Å². The second-order valence-electron chi connectivity index (χ2n) is 3.49. The first kappa shape index (κ1) is 9.61. The van der Waals surface area contributed by atoms with E-state index < -0.39 is 0 Å². The third-order valence-corrected chi connectivity index (χ3v) is 3.33. The van der Waals surface area contributed by atoms with Gasteiger partial charge in [0.25, 0.3) is 0 Å². The number of nitrogens with two attached hydrogens (primary N) is 1. The van der Waals surface area contributed by atoms with Crippen LogP contribution in [0.15, 0.2) is 11.6 Å². The zero-order chi connectivity index (χ0) is 9.97. The number of nitrogens with zero attached hydrogens (tertiary/aromatic N) is 2. The molecule has 0 aliphatic heterocycles. The van der Waals surface area contributed by atoms with Crippen molar-refractivity contribution in [3.05, 3.63) is 11.6 Å². The second kappa shape index (κ2) is 4.06. The van der Waals surface area contributed by atoms with E-state index in [1.807, 2.05) is 5.38 Å². The summed E-state index contributed by atoms with van der Waals surface area (Å²) in [6.45, 7) is 0. The number of hydrogen-bond donors (Lipinski definition) is 1. The van der Waals surface area contributed by atoms with Gasteiger partial charge in [0.05, 0.1) is 0 Å². The van der Waals surface area contributed by atoms with Gasteiger partial charge in [-0.05, 0) is 12.8 Å². The Morgan fingerprint density at radius 3 is 2.79 bits per heavy atom. The van der Waals surface area contributed by atoms with Crippen molar-refractivity contribution in [1.29, 1.82) is 0 Å². The summed E-state index contributed by atoms with van der Waals surface area (Å²) in [6, 6.07) is 0.277. The maximum Gasteiger partial charge on any atom is 0.199 e. The SMILES string of the molecule is NN(c1nccs1)C1CCC(=O)CC1. The Labute approximate surface area is 86.7 Å². The molecule has 0 spiro atoms.